The van der Waals surface area contributed by atoms with Gasteiger partial charge in [0.2, 0.25) is 0 Å². The van der Waals surface area contributed by atoms with Crippen molar-refractivity contribution in [1.82, 2.24) is 4.57 Å². The summed E-state index contributed by atoms with van der Waals surface area (Å²) in [6.45, 7) is 1.00. The monoisotopic (exact) mass is 339 g/mol. The highest BCUT2D eigenvalue weighted by molar-refractivity contribution is 5.35. The molecule has 0 saturated carbocycles. The Morgan fingerprint density at radius 3 is 2.46 bits per heavy atom. The maximum atomic E-state index is 3.33. The van der Waals surface area contributed by atoms with E-state index in [2.05, 4.69) is 64.9 Å². The van der Waals surface area contributed by atoms with Gasteiger partial charge in [0.05, 0.1) is 0 Å². The number of benzene rings is 2. The third-order valence-electron chi connectivity index (χ3n) is 5.17. The minimum absolute atomic E-state index is 0.954. The van der Waals surface area contributed by atoms with Gasteiger partial charge in [-0.2, -0.15) is 0 Å². The van der Waals surface area contributed by atoms with Crippen LogP contribution >= 0.6 is 0 Å². The molecule has 0 amide bonds. The second kappa shape index (κ2) is 8.11. The van der Waals surface area contributed by atoms with Crippen molar-refractivity contribution in [2.45, 2.75) is 45.1 Å². The van der Waals surface area contributed by atoms with E-state index in [-0.39, 0.29) is 0 Å². The second-order valence-electron chi connectivity index (χ2n) is 7.05. The van der Waals surface area contributed by atoms with E-state index in [9.17, 15) is 0 Å². The SMILES string of the molecule is C(#Cc1ccccc1)CCCc1cc2c(n1Cc1ccccc1)CCC2. The second-order valence-corrected chi connectivity index (χ2v) is 7.05. The zero-order valence-corrected chi connectivity index (χ0v) is 15.2. The lowest BCUT2D eigenvalue weighted by molar-refractivity contribution is 0.678. The van der Waals surface area contributed by atoms with Crippen LogP contribution in [0.1, 0.15) is 47.3 Å². The summed E-state index contributed by atoms with van der Waals surface area (Å²) in [5.41, 5.74) is 7.13. The molecule has 1 aliphatic rings. The van der Waals surface area contributed by atoms with Crippen LogP contribution in [0.3, 0.4) is 0 Å². The quantitative estimate of drug-likeness (QED) is 0.433. The fraction of sp³-hybridized carbons (Fsp3) is 0.280. The molecular weight excluding hydrogens is 314 g/mol. The van der Waals surface area contributed by atoms with E-state index in [4.69, 9.17) is 0 Å². The summed E-state index contributed by atoms with van der Waals surface area (Å²) in [5.74, 6) is 6.60. The van der Waals surface area contributed by atoms with Gasteiger partial charge in [-0.05, 0) is 61.4 Å². The topological polar surface area (TPSA) is 4.93 Å². The van der Waals surface area contributed by atoms with Crippen LogP contribution in [0.4, 0.5) is 0 Å². The summed E-state index contributed by atoms with van der Waals surface area (Å²) < 4.78 is 2.57. The van der Waals surface area contributed by atoms with Gasteiger partial charge in [0.15, 0.2) is 0 Å². The molecule has 4 rings (SSSR count). The average Bonchev–Trinajstić information content (AvgIpc) is 3.26. The molecule has 3 aromatic rings. The molecule has 1 heteroatoms. The molecule has 0 saturated heterocycles. The first-order valence-electron chi connectivity index (χ1n) is 9.68. The lowest BCUT2D eigenvalue weighted by Gasteiger charge is -2.13. The van der Waals surface area contributed by atoms with Crippen molar-refractivity contribution in [3.05, 3.63) is 94.8 Å². The summed E-state index contributed by atoms with van der Waals surface area (Å²) in [4.78, 5) is 0. The Morgan fingerprint density at radius 1 is 0.885 bits per heavy atom. The van der Waals surface area contributed by atoms with Gasteiger partial charge in [0, 0.05) is 29.9 Å². The molecule has 1 heterocycles. The van der Waals surface area contributed by atoms with Crippen LogP contribution in [0.2, 0.25) is 0 Å². The molecule has 1 aliphatic carbocycles. The Labute approximate surface area is 156 Å². The minimum atomic E-state index is 0.954. The van der Waals surface area contributed by atoms with Crippen molar-refractivity contribution in [3.8, 4) is 11.8 Å². The highest BCUT2D eigenvalue weighted by Crippen LogP contribution is 2.27. The van der Waals surface area contributed by atoms with Gasteiger partial charge >= 0.3 is 0 Å². The molecule has 0 radical (unpaired) electrons. The Hall–Kier alpha value is -2.72. The summed E-state index contributed by atoms with van der Waals surface area (Å²) >= 11 is 0. The number of aryl methyl sites for hydroxylation is 2. The van der Waals surface area contributed by atoms with Crippen LogP contribution in [0.5, 0.6) is 0 Å². The maximum Gasteiger partial charge on any atom is 0.0475 e. The van der Waals surface area contributed by atoms with E-state index in [1.165, 1.54) is 30.5 Å². The molecular formula is C25H25N. The lowest BCUT2D eigenvalue weighted by atomic mass is 10.1. The number of nitrogens with zero attached hydrogens (tertiary/aromatic N) is 1. The summed E-state index contributed by atoms with van der Waals surface area (Å²) in [6, 6.07) is 23.6. The van der Waals surface area contributed by atoms with E-state index in [0.29, 0.717) is 0 Å². The number of fused-ring (bicyclic) bond motifs is 1. The number of hydrogen-bond donors (Lipinski definition) is 0. The molecule has 0 fully saturated rings. The molecule has 130 valence electrons. The zero-order valence-electron chi connectivity index (χ0n) is 15.2. The number of hydrogen-bond acceptors (Lipinski definition) is 0. The largest absolute Gasteiger partial charge is 0.344 e. The zero-order chi connectivity index (χ0) is 17.6. The molecule has 0 bridgehead atoms. The van der Waals surface area contributed by atoms with Gasteiger partial charge in [-0.15, -0.1) is 0 Å². The first-order chi connectivity index (χ1) is 12.9. The fourth-order valence-electron chi connectivity index (χ4n) is 3.88. The Balaban J connectivity index is 1.43. The highest BCUT2D eigenvalue weighted by Gasteiger charge is 2.19. The van der Waals surface area contributed by atoms with E-state index in [1.54, 1.807) is 11.3 Å². The molecule has 0 atom stereocenters. The van der Waals surface area contributed by atoms with E-state index >= 15 is 0 Å². The van der Waals surface area contributed by atoms with E-state index in [1.807, 2.05) is 18.2 Å². The van der Waals surface area contributed by atoms with Crippen LogP contribution in [0, 0.1) is 11.8 Å². The molecule has 0 aliphatic heterocycles. The summed E-state index contributed by atoms with van der Waals surface area (Å²) in [7, 11) is 0. The van der Waals surface area contributed by atoms with E-state index in [0.717, 1.165) is 31.4 Å². The molecule has 1 nitrogen and oxygen atoms in total. The predicted molar refractivity (Wildman–Crippen MR) is 108 cm³/mol. The molecule has 1 aromatic heterocycles. The Morgan fingerprint density at radius 2 is 1.65 bits per heavy atom. The normalized spacial score (nSPS) is 12.5. The molecule has 0 spiro atoms. The summed E-state index contributed by atoms with van der Waals surface area (Å²) in [5, 5.41) is 0. The van der Waals surface area contributed by atoms with Crippen LogP contribution < -0.4 is 0 Å². The van der Waals surface area contributed by atoms with Crippen LogP contribution in [-0.2, 0) is 25.8 Å². The van der Waals surface area contributed by atoms with Crippen molar-refractivity contribution in [1.29, 1.82) is 0 Å². The van der Waals surface area contributed by atoms with Gasteiger partial charge in [-0.3, -0.25) is 0 Å². The highest BCUT2D eigenvalue weighted by atomic mass is 15.0. The molecule has 0 unspecified atom stereocenters. The van der Waals surface area contributed by atoms with Gasteiger partial charge in [0.25, 0.3) is 0 Å². The number of aromatic nitrogens is 1. The van der Waals surface area contributed by atoms with Gasteiger partial charge in [0.1, 0.15) is 0 Å². The predicted octanol–water partition coefficient (Wildman–Crippen LogP) is 5.40. The smallest absolute Gasteiger partial charge is 0.0475 e. The van der Waals surface area contributed by atoms with Gasteiger partial charge < -0.3 is 4.57 Å². The van der Waals surface area contributed by atoms with Crippen molar-refractivity contribution >= 4 is 0 Å². The third-order valence-corrected chi connectivity index (χ3v) is 5.17. The van der Waals surface area contributed by atoms with Crippen LogP contribution in [0.25, 0.3) is 0 Å². The first kappa shape index (κ1) is 16.7. The molecule has 26 heavy (non-hydrogen) atoms. The number of unbranched alkanes of at least 4 members (excludes halogenated alkanes) is 1. The van der Waals surface area contributed by atoms with Gasteiger partial charge in [-0.1, -0.05) is 60.4 Å². The minimum Gasteiger partial charge on any atom is -0.344 e. The van der Waals surface area contributed by atoms with Crippen molar-refractivity contribution in [2.75, 3.05) is 0 Å². The standard InChI is InChI=1S/C25H25N/c1-4-11-21(12-5-1)13-6-3-9-17-24-19-23-16-10-18-25(23)26(24)20-22-14-7-2-8-15-22/h1-2,4-5,7-8,11-12,14-15,19H,3,9-10,16-18,20H2. The average molecular weight is 339 g/mol. The Kier molecular flexibility index (Phi) is 5.22. The van der Waals surface area contributed by atoms with Crippen molar-refractivity contribution < 1.29 is 0 Å². The third kappa shape index (κ3) is 3.92. The fourth-order valence-corrected chi connectivity index (χ4v) is 3.88. The van der Waals surface area contributed by atoms with E-state index < -0.39 is 0 Å². The lowest BCUT2D eigenvalue weighted by Crippen LogP contribution is -2.07. The Bertz CT molecular complexity index is 907. The van der Waals surface area contributed by atoms with Crippen LogP contribution in [-0.4, -0.2) is 4.57 Å². The van der Waals surface area contributed by atoms with Gasteiger partial charge in [-0.25, -0.2) is 0 Å². The number of rotatable bonds is 5. The van der Waals surface area contributed by atoms with Crippen molar-refractivity contribution in [3.63, 3.8) is 0 Å². The van der Waals surface area contributed by atoms with Crippen molar-refractivity contribution in [2.24, 2.45) is 0 Å². The summed E-state index contributed by atoms with van der Waals surface area (Å²) in [6.07, 6.45) is 6.98. The first-order valence-corrected chi connectivity index (χ1v) is 9.68. The maximum absolute atomic E-state index is 3.33. The molecule has 2 aromatic carbocycles. The van der Waals surface area contributed by atoms with Crippen LogP contribution in [0.15, 0.2) is 66.7 Å². The molecule has 0 N–H and O–H groups in total.